The zero-order chi connectivity index (χ0) is 22.3. The summed E-state index contributed by atoms with van der Waals surface area (Å²) in [4.78, 5) is 25.9. The molecule has 2 aliphatic rings. The largest absolute Gasteiger partial charge is 0.352 e. The number of sulfone groups is 1. The fourth-order valence-electron chi connectivity index (χ4n) is 4.70. The van der Waals surface area contributed by atoms with Crippen molar-refractivity contribution in [3.8, 4) is 6.07 Å². The molecule has 5 rings (SSSR count). The first-order valence-electron chi connectivity index (χ1n) is 10.4. The number of rotatable bonds is 5. The van der Waals surface area contributed by atoms with Crippen molar-refractivity contribution in [3.63, 3.8) is 0 Å². The maximum absolute atomic E-state index is 13.1. The summed E-state index contributed by atoms with van der Waals surface area (Å²) in [5.41, 5.74) is 2.81. The Labute approximate surface area is 190 Å². The molecule has 8 nitrogen and oxygen atoms in total. The predicted molar refractivity (Wildman–Crippen MR) is 121 cm³/mol. The SMILES string of the molecule is N#Cc1ccc(N2CC3CCC(C2)N3C(=O)CCS(=O)(=O)c2cccc3ncsc23)nc1. The average Bonchev–Trinajstić information content (AvgIpc) is 3.39. The Kier molecular flexibility index (Phi) is 5.31. The summed E-state index contributed by atoms with van der Waals surface area (Å²) >= 11 is 1.30. The predicted octanol–water partition coefficient (Wildman–Crippen LogP) is 2.61. The van der Waals surface area contributed by atoms with Gasteiger partial charge in [0.05, 0.1) is 31.9 Å². The number of carbonyl (C=O) groups is 1. The molecule has 0 aliphatic carbocycles. The molecule has 1 amide bonds. The number of benzene rings is 1. The molecule has 0 saturated carbocycles. The first kappa shape index (κ1) is 20.8. The first-order valence-corrected chi connectivity index (χ1v) is 13.0. The second-order valence-electron chi connectivity index (χ2n) is 8.13. The fourth-order valence-corrected chi connectivity index (χ4v) is 7.26. The topological polar surface area (TPSA) is 107 Å². The number of fused-ring (bicyclic) bond motifs is 3. The van der Waals surface area contributed by atoms with Gasteiger partial charge in [-0.3, -0.25) is 4.79 Å². The lowest BCUT2D eigenvalue weighted by atomic mass is 10.1. The lowest BCUT2D eigenvalue weighted by molar-refractivity contribution is -0.134. The van der Waals surface area contributed by atoms with Gasteiger partial charge in [0.1, 0.15) is 11.9 Å². The quantitative estimate of drug-likeness (QED) is 0.568. The van der Waals surface area contributed by atoms with Crippen LogP contribution < -0.4 is 4.90 Å². The van der Waals surface area contributed by atoms with Crippen molar-refractivity contribution in [1.82, 2.24) is 14.9 Å². The Morgan fingerprint density at radius 2 is 1.94 bits per heavy atom. The van der Waals surface area contributed by atoms with E-state index in [-0.39, 0.29) is 35.1 Å². The van der Waals surface area contributed by atoms with Crippen LogP contribution in [-0.4, -0.2) is 60.1 Å². The molecule has 164 valence electrons. The summed E-state index contributed by atoms with van der Waals surface area (Å²) < 4.78 is 26.6. The Hall–Kier alpha value is -3.03. The molecule has 10 heteroatoms. The molecule has 32 heavy (non-hydrogen) atoms. The van der Waals surface area contributed by atoms with Crippen molar-refractivity contribution < 1.29 is 13.2 Å². The smallest absolute Gasteiger partial charge is 0.224 e. The van der Waals surface area contributed by atoms with E-state index in [1.165, 1.54) is 11.3 Å². The standard InChI is InChI=1S/C22H21N5O3S2/c23-10-15-4-7-20(24-11-15)26-12-16-5-6-17(13-26)27(16)21(28)8-9-32(29,30)19-3-1-2-18-22(19)31-14-25-18/h1-4,7,11,14,16-17H,5-6,8-9,12-13H2. The molecule has 2 aromatic heterocycles. The van der Waals surface area contributed by atoms with Crippen molar-refractivity contribution in [2.45, 2.75) is 36.2 Å². The van der Waals surface area contributed by atoms with Gasteiger partial charge < -0.3 is 9.80 Å². The minimum atomic E-state index is -3.59. The number of pyridine rings is 1. The average molecular weight is 468 g/mol. The highest BCUT2D eigenvalue weighted by Crippen LogP contribution is 2.33. The van der Waals surface area contributed by atoms with Gasteiger partial charge in [0.15, 0.2) is 9.84 Å². The van der Waals surface area contributed by atoms with E-state index in [9.17, 15) is 13.2 Å². The number of nitriles is 1. The lowest BCUT2D eigenvalue weighted by Gasteiger charge is -2.41. The molecule has 2 atom stereocenters. The summed E-state index contributed by atoms with van der Waals surface area (Å²) in [7, 11) is -3.59. The van der Waals surface area contributed by atoms with Gasteiger partial charge in [0, 0.05) is 37.8 Å². The van der Waals surface area contributed by atoms with E-state index in [1.807, 2.05) is 11.0 Å². The number of thiazole rings is 1. The van der Waals surface area contributed by atoms with Crippen molar-refractivity contribution in [3.05, 3.63) is 47.6 Å². The second kappa shape index (κ2) is 8.15. The third-order valence-corrected chi connectivity index (χ3v) is 8.97. The van der Waals surface area contributed by atoms with Crippen LogP contribution in [0.3, 0.4) is 0 Å². The van der Waals surface area contributed by atoms with E-state index in [4.69, 9.17) is 5.26 Å². The van der Waals surface area contributed by atoms with Crippen LogP contribution in [0.4, 0.5) is 5.82 Å². The fraction of sp³-hybridized carbons (Fsp3) is 0.364. The van der Waals surface area contributed by atoms with E-state index in [1.54, 1.807) is 36.0 Å². The number of hydrogen-bond donors (Lipinski definition) is 0. The highest BCUT2D eigenvalue weighted by atomic mass is 32.2. The van der Waals surface area contributed by atoms with Crippen molar-refractivity contribution >= 4 is 43.1 Å². The van der Waals surface area contributed by atoms with Gasteiger partial charge >= 0.3 is 0 Å². The lowest BCUT2D eigenvalue weighted by Crippen LogP contribution is -2.56. The van der Waals surface area contributed by atoms with Gasteiger partial charge in [-0.05, 0) is 37.1 Å². The van der Waals surface area contributed by atoms with Gasteiger partial charge in [-0.25, -0.2) is 18.4 Å². The highest BCUT2D eigenvalue weighted by Gasteiger charge is 2.42. The van der Waals surface area contributed by atoms with E-state index in [0.29, 0.717) is 28.9 Å². The van der Waals surface area contributed by atoms with Crippen LogP contribution in [0, 0.1) is 11.3 Å². The van der Waals surface area contributed by atoms with Crippen LogP contribution in [0.2, 0.25) is 0 Å². The summed E-state index contributed by atoms with van der Waals surface area (Å²) in [6, 6.07) is 10.8. The number of hydrogen-bond acceptors (Lipinski definition) is 8. The van der Waals surface area contributed by atoms with E-state index in [0.717, 1.165) is 18.7 Å². The highest BCUT2D eigenvalue weighted by molar-refractivity contribution is 7.91. The molecule has 0 N–H and O–H groups in total. The molecule has 4 heterocycles. The summed E-state index contributed by atoms with van der Waals surface area (Å²) in [5, 5.41) is 8.96. The second-order valence-corrected chi connectivity index (χ2v) is 11.1. The zero-order valence-corrected chi connectivity index (χ0v) is 18.8. The van der Waals surface area contributed by atoms with Crippen LogP contribution in [0.5, 0.6) is 0 Å². The third kappa shape index (κ3) is 3.72. The maximum Gasteiger partial charge on any atom is 0.224 e. The molecule has 2 fully saturated rings. The van der Waals surface area contributed by atoms with Crippen molar-refractivity contribution in [1.29, 1.82) is 5.26 Å². The normalized spacial score (nSPS) is 20.5. The monoisotopic (exact) mass is 467 g/mol. The first-order chi connectivity index (χ1) is 15.5. The van der Waals surface area contributed by atoms with Gasteiger partial charge in [-0.1, -0.05) is 6.07 Å². The molecule has 2 bridgehead atoms. The minimum Gasteiger partial charge on any atom is -0.352 e. The Morgan fingerprint density at radius 1 is 1.16 bits per heavy atom. The summed E-state index contributed by atoms with van der Waals surface area (Å²) in [6.07, 6.45) is 3.33. The third-order valence-electron chi connectivity index (χ3n) is 6.21. The van der Waals surface area contributed by atoms with Crippen LogP contribution in [0.25, 0.3) is 10.2 Å². The zero-order valence-electron chi connectivity index (χ0n) is 17.2. The Morgan fingerprint density at radius 3 is 2.62 bits per heavy atom. The van der Waals surface area contributed by atoms with Gasteiger partial charge in [-0.15, -0.1) is 11.3 Å². The summed E-state index contributed by atoms with van der Waals surface area (Å²) in [5.74, 6) is 0.484. The minimum absolute atomic E-state index is 0.0281. The van der Waals surface area contributed by atoms with Gasteiger partial charge in [-0.2, -0.15) is 5.26 Å². The van der Waals surface area contributed by atoms with E-state index >= 15 is 0 Å². The number of nitrogens with zero attached hydrogens (tertiary/aromatic N) is 5. The maximum atomic E-state index is 13.1. The molecule has 2 saturated heterocycles. The van der Waals surface area contributed by atoms with Crippen LogP contribution in [0.15, 0.2) is 46.9 Å². The summed E-state index contributed by atoms with van der Waals surface area (Å²) in [6.45, 7) is 1.32. The number of aromatic nitrogens is 2. The van der Waals surface area contributed by atoms with Crippen LogP contribution in [-0.2, 0) is 14.6 Å². The van der Waals surface area contributed by atoms with Crippen molar-refractivity contribution in [2.24, 2.45) is 0 Å². The molecule has 0 radical (unpaired) electrons. The van der Waals surface area contributed by atoms with Gasteiger partial charge in [0.2, 0.25) is 5.91 Å². The van der Waals surface area contributed by atoms with Crippen LogP contribution >= 0.6 is 11.3 Å². The van der Waals surface area contributed by atoms with E-state index in [2.05, 4.69) is 20.9 Å². The Balaban J connectivity index is 1.27. The van der Waals surface area contributed by atoms with Gasteiger partial charge in [0.25, 0.3) is 0 Å². The molecule has 1 aromatic carbocycles. The number of amides is 1. The van der Waals surface area contributed by atoms with Crippen molar-refractivity contribution in [2.75, 3.05) is 23.7 Å². The number of carbonyl (C=O) groups excluding carboxylic acids is 1. The molecule has 2 unspecified atom stereocenters. The van der Waals surface area contributed by atoms with Crippen LogP contribution in [0.1, 0.15) is 24.8 Å². The number of piperazine rings is 1. The number of anilines is 1. The molecule has 2 aliphatic heterocycles. The molecule has 0 spiro atoms. The Bertz CT molecular complexity index is 1300. The molecular formula is C22H21N5O3S2. The molecule has 3 aromatic rings. The molecular weight excluding hydrogens is 446 g/mol. The van der Waals surface area contributed by atoms with E-state index < -0.39 is 9.84 Å².